The van der Waals surface area contributed by atoms with Crippen LogP contribution in [0.15, 0.2) is 22.8 Å². The molecule has 0 saturated carbocycles. The molecule has 2 rings (SSSR count). The Morgan fingerprint density at radius 2 is 2.29 bits per heavy atom. The van der Waals surface area contributed by atoms with Gasteiger partial charge < -0.3 is 15.1 Å². The minimum Gasteiger partial charge on any atom is -0.469 e. The predicted molar refractivity (Wildman–Crippen MR) is 65.6 cm³/mol. The molecule has 0 unspecified atom stereocenters. The molecular weight excluding hydrogens is 216 g/mol. The maximum atomic E-state index is 11.7. The molecule has 1 amide bonds. The lowest BCUT2D eigenvalue weighted by Crippen LogP contribution is -2.32. The first kappa shape index (κ1) is 12.2. The number of carbonyl (C=O) groups is 1. The second kappa shape index (κ2) is 6.45. The molecule has 2 heterocycles. The van der Waals surface area contributed by atoms with E-state index >= 15 is 0 Å². The highest BCUT2D eigenvalue weighted by Gasteiger charge is 2.16. The van der Waals surface area contributed by atoms with Crippen LogP contribution in [0.2, 0.25) is 0 Å². The van der Waals surface area contributed by atoms with E-state index in [-0.39, 0.29) is 5.91 Å². The summed E-state index contributed by atoms with van der Waals surface area (Å²) in [6.07, 6.45) is 5.33. The van der Waals surface area contributed by atoms with Crippen molar-refractivity contribution in [1.29, 1.82) is 0 Å². The standard InChI is InChI=1S/C13H20N2O2/c16-13(10-11-3-6-14-7-4-11)15-8-5-12-2-1-9-17-12/h1-2,9,11,14H,3-8,10H2,(H,15,16). The van der Waals surface area contributed by atoms with Crippen LogP contribution >= 0.6 is 0 Å². The quantitative estimate of drug-likeness (QED) is 0.811. The van der Waals surface area contributed by atoms with Crippen molar-refractivity contribution in [3.8, 4) is 0 Å². The SMILES string of the molecule is O=C(CC1CCNCC1)NCCc1ccco1. The number of furan rings is 1. The zero-order valence-corrected chi connectivity index (χ0v) is 10.1. The van der Waals surface area contributed by atoms with Crippen LogP contribution < -0.4 is 10.6 Å². The Morgan fingerprint density at radius 3 is 3.00 bits per heavy atom. The van der Waals surface area contributed by atoms with E-state index in [1.165, 1.54) is 0 Å². The molecule has 1 aliphatic rings. The summed E-state index contributed by atoms with van der Waals surface area (Å²) in [5, 5.41) is 6.25. The minimum atomic E-state index is 0.170. The zero-order chi connectivity index (χ0) is 11.9. The van der Waals surface area contributed by atoms with Crippen molar-refractivity contribution in [3.63, 3.8) is 0 Å². The van der Waals surface area contributed by atoms with Crippen LogP contribution in [0.25, 0.3) is 0 Å². The lowest BCUT2D eigenvalue weighted by Gasteiger charge is -2.21. The van der Waals surface area contributed by atoms with E-state index in [1.54, 1.807) is 6.26 Å². The van der Waals surface area contributed by atoms with Gasteiger partial charge in [0.25, 0.3) is 0 Å². The molecule has 4 nitrogen and oxygen atoms in total. The Hall–Kier alpha value is -1.29. The van der Waals surface area contributed by atoms with Crippen LogP contribution in [-0.4, -0.2) is 25.5 Å². The van der Waals surface area contributed by atoms with Gasteiger partial charge in [0.15, 0.2) is 0 Å². The van der Waals surface area contributed by atoms with Crippen molar-refractivity contribution in [3.05, 3.63) is 24.2 Å². The van der Waals surface area contributed by atoms with Gasteiger partial charge in [-0.1, -0.05) is 0 Å². The van der Waals surface area contributed by atoms with Gasteiger partial charge in [0, 0.05) is 19.4 Å². The Bertz CT molecular complexity index is 329. The first-order valence-corrected chi connectivity index (χ1v) is 6.34. The number of hydrogen-bond donors (Lipinski definition) is 2. The number of piperidine rings is 1. The van der Waals surface area contributed by atoms with Gasteiger partial charge in [0.05, 0.1) is 6.26 Å². The monoisotopic (exact) mass is 236 g/mol. The van der Waals surface area contributed by atoms with E-state index in [0.29, 0.717) is 18.9 Å². The molecule has 0 spiro atoms. The summed E-state index contributed by atoms with van der Waals surface area (Å²) in [5.41, 5.74) is 0. The fourth-order valence-corrected chi connectivity index (χ4v) is 2.20. The molecular formula is C13H20N2O2. The number of rotatable bonds is 5. The highest BCUT2D eigenvalue weighted by atomic mass is 16.3. The van der Waals surface area contributed by atoms with Crippen LogP contribution in [0.4, 0.5) is 0 Å². The maximum absolute atomic E-state index is 11.7. The summed E-state index contributed by atoms with van der Waals surface area (Å²) in [7, 11) is 0. The molecule has 1 saturated heterocycles. The Balaban J connectivity index is 1.60. The summed E-state index contributed by atoms with van der Waals surface area (Å²) in [6.45, 7) is 2.76. The number of nitrogens with one attached hydrogen (secondary N) is 2. The van der Waals surface area contributed by atoms with Crippen LogP contribution in [-0.2, 0) is 11.2 Å². The van der Waals surface area contributed by atoms with Crippen LogP contribution in [0.3, 0.4) is 0 Å². The number of carbonyl (C=O) groups excluding carboxylic acids is 1. The van der Waals surface area contributed by atoms with Gasteiger partial charge in [0.2, 0.25) is 5.91 Å². The van der Waals surface area contributed by atoms with Gasteiger partial charge in [-0.3, -0.25) is 4.79 Å². The van der Waals surface area contributed by atoms with Crippen molar-refractivity contribution in [2.75, 3.05) is 19.6 Å². The average molecular weight is 236 g/mol. The molecule has 0 radical (unpaired) electrons. The molecule has 17 heavy (non-hydrogen) atoms. The van der Waals surface area contributed by atoms with E-state index in [0.717, 1.165) is 38.1 Å². The normalized spacial score (nSPS) is 16.9. The summed E-state index contributed by atoms with van der Waals surface area (Å²) < 4.78 is 5.21. The van der Waals surface area contributed by atoms with Crippen molar-refractivity contribution in [2.24, 2.45) is 5.92 Å². The van der Waals surface area contributed by atoms with Crippen LogP contribution in [0, 0.1) is 5.92 Å². The van der Waals surface area contributed by atoms with Crippen molar-refractivity contribution in [2.45, 2.75) is 25.7 Å². The molecule has 1 aliphatic heterocycles. The molecule has 1 aromatic rings. The summed E-state index contributed by atoms with van der Waals surface area (Å²) in [4.78, 5) is 11.7. The van der Waals surface area contributed by atoms with Gasteiger partial charge in [-0.05, 0) is 44.0 Å². The fraction of sp³-hybridized carbons (Fsp3) is 0.615. The molecule has 2 N–H and O–H groups in total. The second-order valence-corrected chi connectivity index (χ2v) is 4.58. The predicted octanol–water partition coefficient (Wildman–Crippen LogP) is 1.33. The molecule has 1 aromatic heterocycles. The van der Waals surface area contributed by atoms with Gasteiger partial charge in [-0.2, -0.15) is 0 Å². The summed E-state index contributed by atoms with van der Waals surface area (Å²) in [5.74, 6) is 1.65. The lowest BCUT2D eigenvalue weighted by atomic mass is 9.94. The van der Waals surface area contributed by atoms with Crippen molar-refractivity contribution < 1.29 is 9.21 Å². The fourth-order valence-electron chi connectivity index (χ4n) is 2.20. The molecule has 0 aliphatic carbocycles. The highest BCUT2D eigenvalue weighted by Crippen LogP contribution is 2.15. The number of amides is 1. The first-order valence-electron chi connectivity index (χ1n) is 6.34. The summed E-state index contributed by atoms with van der Waals surface area (Å²) >= 11 is 0. The molecule has 0 aromatic carbocycles. The van der Waals surface area contributed by atoms with E-state index in [9.17, 15) is 4.79 Å². The topological polar surface area (TPSA) is 54.3 Å². The van der Waals surface area contributed by atoms with Gasteiger partial charge >= 0.3 is 0 Å². The first-order chi connectivity index (χ1) is 8.34. The largest absolute Gasteiger partial charge is 0.469 e. The lowest BCUT2D eigenvalue weighted by molar-refractivity contribution is -0.122. The third kappa shape index (κ3) is 4.23. The minimum absolute atomic E-state index is 0.170. The molecule has 0 bridgehead atoms. The molecule has 1 fully saturated rings. The Morgan fingerprint density at radius 1 is 1.47 bits per heavy atom. The summed E-state index contributed by atoms with van der Waals surface area (Å²) in [6, 6.07) is 3.80. The number of hydrogen-bond acceptors (Lipinski definition) is 3. The van der Waals surface area contributed by atoms with Gasteiger partial charge in [0.1, 0.15) is 5.76 Å². The highest BCUT2D eigenvalue weighted by molar-refractivity contribution is 5.76. The third-order valence-corrected chi connectivity index (χ3v) is 3.21. The Kier molecular flexibility index (Phi) is 4.62. The van der Waals surface area contributed by atoms with Crippen molar-refractivity contribution >= 4 is 5.91 Å². The average Bonchev–Trinajstić information content (AvgIpc) is 2.83. The third-order valence-electron chi connectivity index (χ3n) is 3.21. The van der Waals surface area contributed by atoms with Crippen LogP contribution in [0.5, 0.6) is 0 Å². The van der Waals surface area contributed by atoms with Gasteiger partial charge in [-0.15, -0.1) is 0 Å². The molecule has 4 heteroatoms. The second-order valence-electron chi connectivity index (χ2n) is 4.58. The van der Waals surface area contributed by atoms with Crippen molar-refractivity contribution in [1.82, 2.24) is 10.6 Å². The maximum Gasteiger partial charge on any atom is 0.220 e. The Labute approximate surface area is 102 Å². The van der Waals surface area contributed by atoms with E-state index < -0.39 is 0 Å². The molecule has 0 atom stereocenters. The smallest absolute Gasteiger partial charge is 0.220 e. The van der Waals surface area contributed by atoms with Crippen LogP contribution in [0.1, 0.15) is 25.0 Å². The van der Waals surface area contributed by atoms with Gasteiger partial charge in [-0.25, -0.2) is 0 Å². The van der Waals surface area contributed by atoms with E-state index in [1.807, 2.05) is 12.1 Å². The van der Waals surface area contributed by atoms with E-state index in [4.69, 9.17) is 4.42 Å². The van der Waals surface area contributed by atoms with E-state index in [2.05, 4.69) is 10.6 Å². The zero-order valence-electron chi connectivity index (χ0n) is 10.1. The molecule has 94 valence electrons.